The lowest BCUT2D eigenvalue weighted by atomic mass is 9.91. The number of nitrogens with zero attached hydrogens (tertiary/aromatic N) is 2. The third kappa shape index (κ3) is 3.03. The molecule has 1 aliphatic rings. The molecule has 0 saturated carbocycles. The molecule has 1 aliphatic heterocycles. The van der Waals surface area contributed by atoms with Crippen molar-refractivity contribution in [3.05, 3.63) is 30.1 Å². The molecule has 92 valence electrons. The van der Waals surface area contributed by atoms with Gasteiger partial charge in [-0.15, -0.1) is 0 Å². The zero-order valence-electron chi connectivity index (χ0n) is 10.0. The molecule has 2 unspecified atom stereocenters. The first-order valence-corrected chi connectivity index (χ1v) is 6.02. The molecule has 4 nitrogen and oxygen atoms in total. The van der Waals surface area contributed by atoms with Crippen molar-refractivity contribution in [1.82, 2.24) is 9.88 Å². The van der Waals surface area contributed by atoms with E-state index in [0.29, 0.717) is 6.04 Å². The van der Waals surface area contributed by atoms with E-state index in [0.717, 1.165) is 25.9 Å². The van der Waals surface area contributed by atoms with Crippen LogP contribution in [0.15, 0.2) is 24.5 Å². The van der Waals surface area contributed by atoms with Gasteiger partial charge < -0.3 is 5.11 Å². The Labute approximate surface area is 101 Å². The van der Waals surface area contributed by atoms with Gasteiger partial charge in [-0.05, 0) is 37.9 Å². The van der Waals surface area contributed by atoms with E-state index in [1.165, 1.54) is 5.56 Å². The molecular formula is C13H18N2O2. The van der Waals surface area contributed by atoms with Crippen molar-refractivity contribution >= 4 is 5.97 Å². The van der Waals surface area contributed by atoms with E-state index in [4.69, 9.17) is 5.11 Å². The van der Waals surface area contributed by atoms with Crippen LogP contribution < -0.4 is 0 Å². The number of carboxylic acids is 1. The highest BCUT2D eigenvalue weighted by molar-refractivity contribution is 5.70. The fourth-order valence-corrected chi connectivity index (χ4v) is 2.41. The van der Waals surface area contributed by atoms with E-state index in [2.05, 4.69) is 22.9 Å². The molecule has 1 N–H and O–H groups in total. The lowest BCUT2D eigenvalue weighted by Gasteiger charge is -2.36. The van der Waals surface area contributed by atoms with E-state index in [1.54, 1.807) is 6.20 Å². The molecule has 2 rings (SSSR count). The Kier molecular flexibility index (Phi) is 3.74. The molecule has 0 amide bonds. The molecule has 0 bridgehead atoms. The summed E-state index contributed by atoms with van der Waals surface area (Å²) >= 11 is 0. The SMILES string of the molecule is CC1CC(C(=O)O)CCN1Cc1cccnc1. The number of aromatic nitrogens is 1. The van der Waals surface area contributed by atoms with Crippen molar-refractivity contribution in [1.29, 1.82) is 0 Å². The zero-order chi connectivity index (χ0) is 12.3. The van der Waals surface area contributed by atoms with Gasteiger partial charge in [-0.2, -0.15) is 0 Å². The van der Waals surface area contributed by atoms with Gasteiger partial charge in [0.25, 0.3) is 0 Å². The maximum Gasteiger partial charge on any atom is 0.306 e. The summed E-state index contributed by atoms with van der Waals surface area (Å²) in [5.74, 6) is -0.826. The third-order valence-corrected chi connectivity index (χ3v) is 3.47. The van der Waals surface area contributed by atoms with E-state index in [-0.39, 0.29) is 5.92 Å². The second-order valence-corrected chi connectivity index (χ2v) is 4.74. The molecule has 0 spiro atoms. The molecule has 2 atom stereocenters. The molecule has 4 heteroatoms. The maximum atomic E-state index is 10.9. The lowest BCUT2D eigenvalue weighted by molar-refractivity contribution is -0.144. The van der Waals surface area contributed by atoms with Crippen LogP contribution in [0.25, 0.3) is 0 Å². The largest absolute Gasteiger partial charge is 0.481 e. The first-order valence-electron chi connectivity index (χ1n) is 6.02. The van der Waals surface area contributed by atoms with Gasteiger partial charge >= 0.3 is 5.97 Å². The minimum atomic E-state index is -0.655. The molecule has 1 aromatic rings. The molecule has 1 fully saturated rings. The van der Waals surface area contributed by atoms with Crippen molar-refractivity contribution < 1.29 is 9.90 Å². The Morgan fingerprint density at radius 1 is 1.65 bits per heavy atom. The number of likely N-dealkylation sites (tertiary alicyclic amines) is 1. The quantitative estimate of drug-likeness (QED) is 0.866. The van der Waals surface area contributed by atoms with E-state index in [1.807, 2.05) is 12.3 Å². The fraction of sp³-hybridized carbons (Fsp3) is 0.538. The Balaban J connectivity index is 1.94. The number of piperidine rings is 1. The summed E-state index contributed by atoms with van der Waals surface area (Å²) in [5.41, 5.74) is 1.19. The number of aliphatic carboxylic acids is 1. The number of rotatable bonds is 3. The average Bonchev–Trinajstić information content (AvgIpc) is 2.33. The number of hydrogen-bond acceptors (Lipinski definition) is 3. The van der Waals surface area contributed by atoms with Crippen LogP contribution >= 0.6 is 0 Å². The van der Waals surface area contributed by atoms with Crippen LogP contribution in [0.5, 0.6) is 0 Å². The number of pyridine rings is 1. The molecule has 0 radical (unpaired) electrons. The van der Waals surface area contributed by atoms with Crippen molar-refractivity contribution in [2.24, 2.45) is 5.92 Å². The fourth-order valence-electron chi connectivity index (χ4n) is 2.41. The first kappa shape index (κ1) is 12.0. The molecule has 17 heavy (non-hydrogen) atoms. The van der Waals surface area contributed by atoms with Crippen LogP contribution in [0, 0.1) is 5.92 Å². The topological polar surface area (TPSA) is 53.4 Å². The Morgan fingerprint density at radius 2 is 2.47 bits per heavy atom. The van der Waals surface area contributed by atoms with Crippen LogP contribution in [-0.2, 0) is 11.3 Å². The predicted molar refractivity (Wildman–Crippen MR) is 64.5 cm³/mol. The normalized spacial score (nSPS) is 25.7. The van der Waals surface area contributed by atoms with Gasteiger partial charge in [0.15, 0.2) is 0 Å². The summed E-state index contributed by atoms with van der Waals surface area (Å²) in [5, 5.41) is 9.00. The minimum Gasteiger partial charge on any atom is -0.481 e. The smallest absolute Gasteiger partial charge is 0.306 e. The second-order valence-electron chi connectivity index (χ2n) is 4.74. The van der Waals surface area contributed by atoms with Crippen LogP contribution in [0.1, 0.15) is 25.3 Å². The summed E-state index contributed by atoms with van der Waals surface area (Å²) in [6.07, 6.45) is 5.13. The van der Waals surface area contributed by atoms with Gasteiger partial charge in [0.05, 0.1) is 5.92 Å². The Bertz CT molecular complexity index is 380. The highest BCUT2D eigenvalue weighted by Crippen LogP contribution is 2.24. The highest BCUT2D eigenvalue weighted by Gasteiger charge is 2.29. The Hall–Kier alpha value is -1.42. The summed E-state index contributed by atoms with van der Waals surface area (Å²) in [6.45, 7) is 3.82. The van der Waals surface area contributed by atoms with Gasteiger partial charge in [0, 0.05) is 25.0 Å². The number of carboxylic acid groups (broad SMARTS) is 1. The molecule has 1 aromatic heterocycles. The molecule has 0 aromatic carbocycles. The van der Waals surface area contributed by atoms with Crippen LogP contribution in [0.2, 0.25) is 0 Å². The van der Waals surface area contributed by atoms with Gasteiger partial charge in [0.2, 0.25) is 0 Å². The van der Waals surface area contributed by atoms with Gasteiger partial charge in [-0.25, -0.2) is 0 Å². The van der Waals surface area contributed by atoms with Crippen LogP contribution in [-0.4, -0.2) is 33.5 Å². The summed E-state index contributed by atoms with van der Waals surface area (Å²) in [4.78, 5) is 17.4. The summed E-state index contributed by atoms with van der Waals surface area (Å²) in [6, 6.07) is 4.32. The first-order chi connectivity index (χ1) is 8.16. The van der Waals surface area contributed by atoms with E-state index < -0.39 is 5.97 Å². The van der Waals surface area contributed by atoms with E-state index in [9.17, 15) is 4.79 Å². The highest BCUT2D eigenvalue weighted by atomic mass is 16.4. The maximum absolute atomic E-state index is 10.9. The predicted octanol–water partition coefficient (Wildman–Crippen LogP) is 1.77. The van der Waals surface area contributed by atoms with E-state index >= 15 is 0 Å². The Morgan fingerprint density at radius 3 is 3.06 bits per heavy atom. The lowest BCUT2D eigenvalue weighted by Crippen LogP contribution is -2.42. The summed E-state index contributed by atoms with van der Waals surface area (Å²) < 4.78 is 0. The monoisotopic (exact) mass is 234 g/mol. The second kappa shape index (κ2) is 5.27. The van der Waals surface area contributed by atoms with Crippen molar-refractivity contribution in [2.45, 2.75) is 32.4 Å². The zero-order valence-corrected chi connectivity index (χ0v) is 10.0. The third-order valence-electron chi connectivity index (χ3n) is 3.47. The van der Waals surface area contributed by atoms with Crippen LogP contribution in [0.3, 0.4) is 0 Å². The molecular weight excluding hydrogens is 216 g/mol. The van der Waals surface area contributed by atoms with Crippen molar-refractivity contribution in [3.63, 3.8) is 0 Å². The van der Waals surface area contributed by atoms with Gasteiger partial charge in [-0.3, -0.25) is 14.7 Å². The van der Waals surface area contributed by atoms with Crippen molar-refractivity contribution in [2.75, 3.05) is 6.54 Å². The van der Waals surface area contributed by atoms with Gasteiger partial charge in [0.1, 0.15) is 0 Å². The number of hydrogen-bond donors (Lipinski definition) is 1. The average molecular weight is 234 g/mol. The molecule has 0 aliphatic carbocycles. The molecule has 1 saturated heterocycles. The standard InChI is InChI=1S/C13H18N2O2/c1-10-7-12(13(16)17)4-6-15(10)9-11-3-2-5-14-8-11/h2-3,5,8,10,12H,4,6-7,9H2,1H3,(H,16,17). The number of carbonyl (C=O) groups is 1. The molecule has 2 heterocycles. The van der Waals surface area contributed by atoms with Crippen molar-refractivity contribution in [3.8, 4) is 0 Å². The van der Waals surface area contributed by atoms with Crippen LogP contribution in [0.4, 0.5) is 0 Å². The van der Waals surface area contributed by atoms with Gasteiger partial charge in [-0.1, -0.05) is 6.07 Å². The summed E-state index contributed by atoms with van der Waals surface area (Å²) in [7, 11) is 0. The minimum absolute atomic E-state index is 0.171.